The molecule has 0 radical (unpaired) electrons. The molecule has 2 heterocycles. The highest BCUT2D eigenvalue weighted by atomic mass is 15.2. The maximum atomic E-state index is 4.56. The molecule has 0 spiro atoms. The summed E-state index contributed by atoms with van der Waals surface area (Å²) in [6.45, 7) is 2.80. The van der Waals surface area contributed by atoms with Gasteiger partial charge in [-0.25, -0.2) is 4.98 Å². The van der Waals surface area contributed by atoms with Gasteiger partial charge in [0.1, 0.15) is 0 Å². The third kappa shape index (κ3) is 3.18. The third-order valence-corrected chi connectivity index (χ3v) is 3.93. The van der Waals surface area contributed by atoms with Gasteiger partial charge in [-0.1, -0.05) is 25.3 Å². The highest BCUT2D eigenvalue weighted by molar-refractivity contribution is 5.29. The van der Waals surface area contributed by atoms with Crippen LogP contribution in [-0.2, 0) is 6.54 Å². The number of aromatic nitrogens is 3. The van der Waals surface area contributed by atoms with Crippen molar-refractivity contribution >= 4 is 5.95 Å². The zero-order chi connectivity index (χ0) is 13.8. The molecule has 4 heteroatoms. The van der Waals surface area contributed by atoms with Gasteiger partial charge in [0.15, 0.2) is 0 Å². The number of hydrogen-bond acceptors (Lipinski definition) is 3. The van der Waals surface area contributed by atoms with Crippen molar-refractivity contribution in [3.63, 3.8) is 0 Å². The Morgan fingerprint density at radius 1 is 1.25 bits per heavy atom. The smallest absolute Gasteiger partial charge is 0.203 e. The molecule has 1 aliphatic carbocycles. The lowest BCUT2D eigenvalue weighted by atomic mass is 9.96. The summed E-state index contributed by atoms with van der Waals surface area (Å²) >= 11 is 0. The van der Waals surface area contributed by atoms with Crippen LogP contribution in [0.1, 0.15) is 43.5 Å². The van der Waals surface area contributed by atoms with Crippen LogP contribution in [-0.4, -0.2) is 20.6 Å². The Balaban J connectivity index is 1.69. The Kier molecular flexibility index (Phi) is 4.00. The van der Waals surface area contributed by atoms with Crippen LogP contribution < -0.4 is 5.32 Å². The van der Waals surface area contributed by atoms with E-state index in [0.29, 0.717) is 6.04 Å². The molecule has 1 N–H and O–H groups in total. The van der Waals surface area contributed by atoms with Crippen LogP contribution in [0.2, 0.25) is 0 Å². The van der Waals surface area contributed by atoms with E-state index in [1.54, 1.807) is 0 Å². The molecule has 0 aliphatic heterocycles. The molecule has 0 bridgehead atoms. The van der Waals surface area contributed by atoms with Gasteiger partial charge in [-0.3, -0.25) is 4.98 Å². The van der Waals surface area contributed by atoms with Gasteiger partial charge in [0.05, 0.1) is 12.2 Å². The summed E-state index contributed by atoms with van der Waals surface area (Å²) in [7, 11) is 0. The van der Waals surface area contributed by atoms with E-state index in [4.69, 9.17) is 0 Å². The van der Waals surface area contributed by atoms with Crippen molar-refractivity contribution in [2.75, 3.05) is 5.32 Å². The monoisotopic (exact) mass is 270 g/mol. The molecule has 0 aromatic carbocycles. The lowest BCUT2D eigenvalue weighted by Gasteiger charge is -2.23. The van der Waals surface area contributed by atoms with E-state index in [-0.39, 0.29) is 0 Å². The molecule has 2 aromatic rings. The molecule has 0 saturated heterocycles. The Hall–Kier alpha value is -1.84. The third-order valence-electron chi connectivity index (χ3n) is 3.93. The molecule has 1 saturated carbocycles. The Morgan fingerprint density at radius 3 is 2.90 bits per heavy atom. The molecule has 4 nitrogen and oxygen atoms in total. The van der Waals surface area contributed by atoms with E-state index in [2.05, 4.69) is 32.0 Å². The standard InChI is InChI=1S/C16H22N4/c1-13-6-5-9-15(18-13)12-20-11-10-17-16(20)19-14-7-3-2-4-8-14/h5-6,9-11,14H,2-4,7-8,12H2,1H3,(H,17,19). The predicted molar refractivity (Wildman–Crippen MR) is 80.8 cm³/mol. The van der Waals surface area contributed by atoms with Crippen molar-refractivity contribution in [3.05, 3.63) is 42.0 Å². The van der Waals surface area contributed by atoms with Gasteiger partial charge in [-0.05, 0) is 31.9 Å². The highest BCUT2D eigenvalue weighted by Gasteiger charge is 2.15. The average Bonchev–Trinajstić information content (AvgIpc) is 2.87. The zero-order valence-electron chi connectivity index (χ0n) is 12.0. The predicted octanol–water partition coefficient (Wildman–Crippen LogP) is 3.38. The molecular formula is C16H22N4. The van der Waals surface area contributed by atoms with Gasteiger partial charge < -0.3 is 9.88 Å². The van der Waals surface area contributed by atoms with Crippen molar-refractivity contribution in [2.45, 2.75) is 51.6 Å². The van der Waals surface area contributed by atoms with E-state index in [0.717, 1.165) is 23.9 Å². The first kappa shape index (κ1) is 13.2. The lowest BCUT2D eigenvalue weighted by molar-refractivity contribution is 0.459. The lowest BCUT2D eigenvalue weighted by Crippen LogP contribution is -2.24. The Labute approximate surface area is 120 Å². The number of anilines is 1. The molecule has 106 valence electrons. The first-order valence-electron chi connectivity index (χ1n) is 7.51. The van der Waals surface area contributed by atoms with Gasteiger partial charge in [-0.2, -0.15) is 0 Å². The second-order valence-corrected chi connectivity index (χ2v) is 5.63. The van der Waals surface area contributed by atoms with Crippen LogP contribution in [0.15, 0.2) is 30.6 Å². The van der Waals surface area contributed by atoms with Crippen molar-refractivity contribution in [3.8, 4) is 0 Å². The Morgan fingerprint density at radius 2 is 2.10 bits per heavy atom. The van der Waals surface area contributed by atoms with Crippen LogP contribution in [0.4, 0.5) is 5.95 Å². The number of aryl methyl sites for hydroxylation is 1. The zero-order valence-corrected chi connectivity index (χ0v) is 12.0. The minimum absolute atomic E-state index is 0.579. The van der Waals surface area contributed by atoms with Gasteiger partial charge in [0.25, 0.3) is 0 Å². The van der Waals surface area contributed by atoms with Crippen LogP contribution in [0, 0.1) is 6.92 Å². The molecule has 20 heavy (non-hydrogen) atoms. The number of nitrogens with one attached hydrogen (secondary N) is 1. The number of pyridine rings is 1. The van der Waals surface area contributed by atoms with Crippen LogP contribution in [0.5, 0.6) is 0 Å². The number of hydrogen-bond donors (Lipinski definition) is 1. The summed E-state index contributed by atoms with van der Waals surface area (Å²) in [5.41, 5.74) is 2.14. The average molecular weight is 270 g/mol. The van der Waals surface area contributed by atoms with E-state index in [1.807, 2.05) is 25.4 Å². The fourth-order valence-corrected chi connectivity index (χ4v) is 2.87. The van der Waals surface area contributed by atoms with Crippen molar-refractivity contribution in [2.24, 2.45) is 0 Å². The number of nitrogens with zero attached hydrogens (tertiary/aromatic N) is 3. The normalized spacial score (nSPS) is 16.2. The summed E-state index contributed by atoms with van der Waals surface area (Å²) in [6, 6.07) is 6.73. The summed E-state index contributed by atoms with van der Waals surface area (Å²) < 4.78 is 2.15. The van der Waals surface area contributed by atoms with Crippen molar-refractivity contribution in [1.82, 2.24) is 14.5 Å². The van der Waals surface area contributed by atoms with Crippen molar-refractivity contribution in [1.29, 1.82) is 0 Å². The molecule has 3 rings (SSSR count). The molecule has 1 aliphatic rings. The molecule has 1 fully saturated rings. The molecule has 0 atom stereocenters. The van der Waals surface area contributed by atoms with E-state index in [1.165, 1.54) is 32.1 Å². The van der Waals surface area contributed by atoms with E-state index < -0.39 is 0 Å². The maximum Gasteiger partial charge on any atom is 0.203 e. The topological polar surface area (TPSA) is 42.7 Å². The summed E-state index contributed by atoms with van der Waals surface area (Å²) in [4.78, 5) is 9.01. The summed E-state index contributed by atoms with van der Waals surface area (Å²) in [6.07, 6.45) is 10.4. The molecule has 0 unspecified atom stereocenters. The Bertz CT molecular complexity index is 555. The molecule has 2 aromatic heterocycles. The largest absolute Gasteiger partial charge is 0.353 e. The SMILES string of the molecule is Cc1cccc(Cn2ccnc2NC2CCCCC2)n1. The van der Waals surface area contributed by atoms with Crippen LogP contribution in [0.25, 0.3) is 0 Å². The number of rotatable bonds is 4. The van der Waals surface area contributed by atoms with Gasteiger partial charge >= 0.3 is 0 Å². The second-order valence-electron chi connectivity index (χ2n) is 5.63. The van der Waals surface area contributed by atoms with Gasteiger partial charge in [0.2, 0.25) is 5.95 Å². The van der Waals surface area contributed by atoms with Gasteiger partial charge in [0, 0.05) is 24.1 Å². The quantitative estimate of drug-likeness (QED) is 0.926. The van der Waals surface area contributed by atoms with Crippen LogP contribution in [0.3, 0.4) is 0 Å². The second kappa shape index (κ2) is 6.07. The summed E-state index contributed by atoms with van der Waals surface area (Å²) in [5, 5.41) is 3.59. The first-order chi connectivity index (χ1) is 9.81. The van der Waals surface area contributed by atoms with Gasteiger partial charge in [-0.15, -0.1) is 0 Å². The minimum Gasteiger partial charge on any atom is -0.353 e. The fraction of sp³-hybridized carbons (Fsp3) is 0.500. The van der Waals surface area contributed by atoms with Crippen molar-refractivity contribution < 1.29 is 0 Å². The maximum absolute atomic E-state index is 4.56. The molecular weight excluding hydrogens is 248 g/mol. The number of imidazole rings is 1. The highest BCUT2D eigenvalue weighted by Crippen LogP contribution is 2.21. The van der Waals surface area contributed by atoms with E-state index in [9.17, 15) is 0 Å². The fourth-order valence-electron chi connectivity index (χ4n) is 2.87. The van der Waals surface area contributed by atoms with E-state index >= 15 is 0 Å². The first-order valence-corrected chi connectivity index (χ1v) is 7.51. The van der Waals surface area contributed by atoms with Crippen LogP contribution >= 0.6 is 0 Å². The summed E-state index contributed by atoms with van der Waals surface area (Å²) in [5.74, 6) is 0.972. The molecule has 0 amide bonds. The minimum atomic E-state index is 0.579.